The molecule has 0 bridgehead atoms. The van der Waals surface area contributed by atoms with Crippen LogP contribution < -0.4 is 10.4 Å². The fraction of sp³-hybridized carbons (Fsp3) is 0.300. The Hall–Kier alpha value is -1.53. The van der Waals surface area contributed by atoms with Crippen molar-refractivity contribution < 1.29 is 15.6 Å². The predicted molar refractivity (Wildman–Crippen MR) is 213 cm³/mol. The third kappa shape index (κ3) is 5.58. The summed E-state index contributed by atoms with van der Waals surface area (Å²) in [5.74, 6) is -1.58. The molecule has 0 aliphatic heterocycles. The van der Waals surface area contributed by atoms with Gasteiger partial charge in [0.2, 0.25) is 0 Å². The zero-order valence-electron chi connectivity index (χ0n) is 29.2. The quantitative estimate of drug-likeness (QED) is 0.164. The van der Waals surface area contributed by atoms with Gasteiger partial charge in [-0.1, -0.05) is 0 Å². The summed E-state index contributed by atoms with van der Waals surface area (Å²) in [7, 11) is 14.2. The molecule has 2 aliphatic carbocycles. The summed E-state index contributed by atoms with van der Waals surface area (Å²) in [5.41, 5.74) is 13.2. The van der Waals surface area contributed by atoms with Gasteiger partial charge >= 0.3 is 291 Å². The van der Waals surface area contributed by atoms with Crippen LogP contribution in [0.25, 0.3) is 34.4 Å². The SMILES string of the molecule is CC1=Cc2c(-c3ccc([Si](C)(C)C)cc3)cccc2[CH]1[Zr]([Cl])([Cl])([CH]1C(C)=Cc2c(-c3ccc([Si](C)(C)C)cc3)cccc21)[SiH](C)C. The van der Waals surface area contributed by atoms with Gasteiger partial charge in [-0.05, 0) is 0 Å². The molecular formula is C40H49Cl2Si3Zr. The van der Waals surface area contributed by atoms with E-state index in [-0.39, 0.29) is 7.25 Å². The minimum absolute atomic E-state index is 0.103. The van der Waals surface area contributed by atoms with Crippen molar-refractivity contribution in [3.8, 4) is 22.3 Å². The van der Waals surface area contributed by atoms with Gasteiger partial charge in [-0.15, -0.1) is 0 Å². The predicted octanol–water partition coefficient (Wildman–Crippen LogP) is 11.7. The molecular weight excluding hydrogens is 727 g/mol. The van der Waals surface area contributed by atoms with Gasteiger partial charge in [0, 0.05) is 0 Å². The van der Waals surface area contributed by atoms with Crippen LogP contribution in [-0.4, -0.2) is 22.1 Å². The van der Waals surface area contributed by atoms with Crippen molar-refractivity contribution in [2.75, 3.05) is 0 Å². The standard InChI is InChI=1S/2C19H21Si.C2H7Si.2ClH.Zr/c2*1-14-12-16-6-5-7-18(19(16)13-14)15-8-10-17(11-9-15)20(2,3)4;1-3-2;;;/h2*5-13H,1-4H3;3H,1-2H3;2*1H;/q;;;;;+2/p-2. The minimum atomic E-state index is -4.71. The van der Waals surface area contributed by atoms with E-state index in [0.29, 0.717) is 0 Å². The molecule has 2 unspecified atom stereocenters. The molecule has 46 heavy (non-hydrogen) atoms. The molecule has 6 heteroatoms. The Morgan fingerprint density at radius 3 is 1.20 bits per heavy atom. The van der Waals surface area contributed by atoms with Crippen molar-refractivity contribution in [2.24, 2.45) is 0 Å². The van der Waals surface area contributed by atoms with Crippen LogP contribution in [0.1, 0.15) is 43.4 Å². The second-order valence-corrected chi connectivity index (χ2v) is 69.0. The van der Waals surface area contributed by atoms with Gasteiger partial charge in [-0.25, -0.2) is 0 Å². The van der Waals surface area contributed by atoms with Gasteiger partial charge < -0.3 is 0 Å². The van der Waals surface area contributed by atoms with Crippen LogP contribution >= 0.6 is 17.0 Å². The summed E-state index contributed by atoms with van der Waals surface area (Å²) in [4.78, 5) is 0. The van der Waals surface area contributed by atoms with E-state index in [9.17, 15) is 0 Å². The first kappa shape index (κ1) is 34.3. The molecule has 0 N–H and O–H groups in total. The van der Waals surface area contributed by atoms with Crippen LogP contribution in [0.2, 0.25) is 52.4 Å². The van der Waals surface area contributed by atoms with Crippen molar-refractivity contribution in [3.05, 3.63) is 118 Å². The van der Waals surface area contributed by atoms with Crippen LogP contribution in [0.15, 0.2) is 96.1 Å². The van der Waals surface area contributed by atoms with Gasteiger partial charge in [0.15, 0.2) is 0 Å². The Bertz CT molecular complexity index is 1760. The van der Waals surface area contributed by atoms with Gasteiger partial charge in [0.05, 0.1) is 0 Å². The molecule has 0 amide bonds. The zero-order valence-corrected chi connectivity index (χ0v) is 36.4. The third-order valence-electron chi connectivity index (χ3n) is 10.9. The normalized spacial score (nSPS) is 18.9. The van der Waals surface area contributed by atoms with E-state index < -0.39 is 37.6 Å². The third-order valence-corrected chi connectivity index (χ3v) is 67.3. The Morgan fingerprint density at radius 2 is 0.891 bits per heavy atom. The Kier molecular flexibility index (Phi) is 8.82. The molecule has 0 nitrogen and oxygen atoms in total. The first-order valence-corrected chi connectivity index (χ1v) is 40.2. The average Bonchev–Trinajstić information content (AvgIpc) is 3.52. The summed E-state index contributed by atoms with van der Waals surface area (Å²) in [6.07, 6.45) is 4.84. The second-order valence-electron chi connectivity index (χ2n) is 16.3. The first-order valence-electron chi connectivity index (χ1n) is 16.8. The van der Waals surface area contributed by atoms with E-state index in [1.54, 1.807) is 0 Å². The molecule has 239 valence electrons. The molecule has 4 aromatic rings. The fourth-order valence-electron chi connectivity index (χ4n) is 8.20. The van der Waals surface area contributed by atoms with E-state index in [4.69, 9.17) is 17.0 Å². The van der Waals surface area contributed by atoms with Crippen molar-refractivity contribution in [1.82, 2.24) is 0 Å². The van der Waals surface area contributed by atoms with E-state index in [2.05, 4.69) is 163 Å². The van der Waals surface area contributed by atoms with Crippen LogP contribution in [-0.2, 0) is 15.6 Å². The molecule has 0 saturated heterocycles. The number of hydrogen-bond donors (Lipinski definition) is 0. The zero-order chi connectivity index (χ0) is 33.4. The van der Waals surface area contributed by atoms with Crippen molar-refractivity contribution >= 4 is 61.6 Å². The maximum absolute atomic E-state index is 8.49. The van der Waals surface area contributed by atoms with E-state index in [1.807, 2.05) is 0 Å². The summed E-state index contributed by atoms with van der Waals surface area (Å²) in [6, 6.07) is 32.4. The first-order chi connectivity index (χ1) is 21.4. The molecule has 0 spiro atoms. The fourth-order valence-corrected chi connectivity index (χ4v) is 43.5. The number of benzene rings is 4. The molecule has 0 aromatic heterocycles. The maximum atomic E-state index is 8.49. The number of allylic oxidation sites excluding steroid dienone is 2. The summed E-state index contributed by atoms with van der Waals surface area (Å²) >= 11 is -4.71. The number of hydrogen-bond acceptors (Lipinski definition) is 0. The molecule has 0 saturated carbocycles. The molecule has 6 rings (SSSR count). The van der Waals surface area contributed by atoms with Gasteiger partial charge in [-0.3, -0.25) is 0 Å². The Balaban J connectivity index is 1.47. The van der Waals surface area contributed by atoms with Crippen molar-refractivity contribution in [3.63, 3.8) is 0 Å². The molecule has 2 atom stereocenters. The summed E-state index contributed by atoms with van der Waals surface area (Å²) in [6.45, 7) is 23.9. The Morgan fingerprint density at radius 1 is 0.543 bits per heavy atom. The van der Waals surface area contributed by atoms with Gasteiger partial charge in [-0.2, -0.15) is 0 Å². The van der Waals surface area contributed by atoms with E-state index in [0.717, 1.165) is 0 Å². The molecule has 4 aromatic carbocycles. The monoisotopic (exact) mass is 773 g/mol. The number of fused-ring (bicyclic) bond motifs is 2. The molecule has 0 fully saturated rings. The molecule has 0 heterocycles. The second kappa shape index (κ2) is 11.8. The topological polar surface area (TPSA) is 0 Å². The molecule has 0 radical (unpaired) electrons. The van der Waals surface area contributed by atoms with Gasteiger partial charge in [0.25, 0.3) is 0 Å². The molecule has 2 aliphatic rings. The van der Waals surface area contributed by atoms with Gasteiger partial charge in [0.1, 0.15) is 0 Å². The van der Waals surface area contributed by atoms with Crippen LogP contribution in [0.5, 0.6) is 0 Å². The Labute approximate surface area is 288 Å². The van der Waals surface area contributed by atoms with Crippen LogP contribution in [0.3, 0.4) is 0 Å². The average molecular weight is 776 g/mol. The number of rotatable bonds is 7. The summed E-state index contributed by atoms with van der Waals surface area (Å²) in [5, 5.41) is 2.98. The van der Waals surface area contributed by atoms with Crippen molar-refractivity contribution in [1.29, 1.82) is 0 Å². The summed E-state index contributed by atoms with van der Waals surface area (Å²) < 4.78 is 0.207. The van der Waals surface area contributed by atoms with E-state index in [1.165, 1.54) is 66.0 Å². The van der Waals surface area contributed by atoms with Crippen LogP contribution in [0.4, 0.5) is 0 Å². The number of halogens is 2. The van der Waals surface area contributed by atoms with Crippen LogP contribution in [0, 0.1) is 0 Å². The van der Waals surface area contributed by atoms with Crippen molar-refractivity contribution in [2.45, 2.75) is 73.5 Å². The van der Waals surface area contributed by atoms with E-state index >= 15 is 0 Å².